The van der Waals surface area contributed by atoms with Crippen LogP contribution in [0.3, 0.4) is 0 Å². The number of hydrogen-bond donors (Lipinski definition) is 1. The minimum atomic E-state index is -5.03. The van der Waals surface area contributed by atoms with Gasteiger partial charge >= 0.3 is 12.1 Å². The average molecular weight is 553 g/mol. The molecule has 0 aliphatic carbocycles. The van der Waals surface area contributed by atoms with Crippen molar-refractivity contribution in [2.45, 2.75) is 63.3 Å². The van der Waals surface area contributed by atoms with E-state index in [9.17, 15) is 18.0 Å². The minimum absolute atomic E-state index is 0.0143. The second kappa shape index (κ2) is 12.9. The van der Waals surface area contributed by atoms with Gasteiger partial charge in [-0.15, -0.1) is 0 Å². The van der Waals surface area contributed by atoms with Gasteiger partial charge in [-0.1, -0.05) is 55.0 Å². The van der Waals surface area contributed by atoms with Crippen molar-refractivity contribution in [3.63, 3.8) is 0 Å². The Morgan fingerprint density at radius 2 is 1.73 bits per heavy atom. The molecule has 2 atom stereocenters. The average Bonchev–Trinajstić information content (AvgIpc) is 2.96. The number of rotatable bonds is 9. The number of esters is 1. The summed E-state index contributed by atoms with van der Waals surface area (Å²) in [5, 5.41) is 3.55. The van der Waals surface area contributed by atoms with E-state index in [1.807, 2.05) is 30.3 Å². The zero-order valence-corrected chi connectivity index (χ0v) is 22.5. The van der Waals surface area contributed by atoms with Gasteiger partial charge in [0.25, 0.3) is 0 Å². The van der Waals surface area contributed by atoms with Crippen LogP contribution < -0.4 is 14.8 Å². The molecule has 0 saturated carbocycles. The first-order valence-corrected chi connectivity index (χ1v) is 14.0. The third-order valence-electron chi connectivity index (χ3n) is 7.75. The molecule has 212 valence electrons. The highest BCUT2D eigenvalue weighted by Gasteiger charge is 2.41. The summed E-state index contributed by atoms with van der Waals surface area (Å²) in [5.41, 5.74) is 4.28. The second-order valence-electron chi connectivity index (χ2n) is 10.6. The van der Waals surface area contributed by atoms with E-state index in [4.69, 9.17) is 4.74 Å². The van der Waals surface area contributed by atoms with Crippen LogP contribution in [-0.2, 0) is 24.2 Å². The maximum atomic E-state index is 12.7. The predicted octanol–water partition coefficient (Wildman–Crippen LogP) is 6.41. The highest BCUT2D eigenvalue weighted by atomic mass is 19.4. The highest BCUT2D eigenvalue weighted by molar-refractivity contribution is 5.78. The van der Waals surface area contributed by atoms with Gasteiger partial charge in [0.2, 0.25) is 0 Å². The standard InChI is InChI=1S/C32H35F3N2O3/c33-32(34,35)31(38)40-28-13-14-29-25(21-28)15-18-37(22-24-6-2-1-3-7-24)30(29)20-23-9-11-27(12-10-23)39-19-16-26-8-4-5-17-36-26/h1-3,6-7,9-14,21,26,30,36H,4-5,8,15-20,22H2. The molecule has 1 N–H and O–H groups in total. The van der Waals surface area contributed by atoms with E-state index >= 15 is 0 Å². The van der Waals surface area contributed by atoms with Crippen LogP contribution in [-0.4, -0.2) is 42.8 Å². The molecule has 2 aliphatic rings. The minimum Gasteiger partial charge on any atom is -0.494 e. The van der Waals surface area contributed by atoms with Crippen LogP contribution in [0.1, 0.15) is 54.0 Å². The number of hydrogen-bond acceptors (Lipinski definition) is 5. The van der Waals surface area contributed by atoms with Gasteiger partial charge in [0, 0.05) is 25.2 Å². The summed E-state index contributed by atoms with van der Waals surface area (Å²) in [6, 6.07) is 23.8. The lowest BCUT2D eigenvalue weighted by Crippen LogP contribution is -2.36. The Bertz CT molecular complexity index is 1260. The summed E-state index contributed by atoms with van der Waals surface area (Å²) in [6.45, 7) is 3.26. The SMILES string of the molecule is O=C(Oc1ccc2c(c1)CCN(Cc1ccccc1)C2Cc1ccc(OCCC2CCCCN2)cc1)C(F)(F)F. The number of piperidine rings is 1. The molecule has 5 nitrogen and oxygen atoms in total. The number of alkyl halides is 3. The van der Waals surface area contributed by atoms with Crippen LogP contribution in [0, 0.1) is 0 Å². The van der Waals surface area contributed by atoms with E-state index < -0.39 is 12.1 Å². The van der Waals surface area contributed by atoms with Crippen molar-refractivity contribution in [2.24, 2.45) is 0 Å². The number of ether oxygens (including phenoxy) is 2. The lowest BCUT2D eigenvalue weighted by atomic mass is 9.88. The van der Waals surface area contributed by atoms with Gasteiger partial charge < -0.3 is 14.8 Å². The predicted molar refractivity (Wildman–Crippen MR) is 147 cm³/mol. The maximum absolute atomic E-state index is 12.7. The van der Waals surface area contributed by atoms with Crippen molar-refractivity contribution in [3.8, 4) is 11.5 Å². The van der Waals surface area contributed by atoms with Gasteiger partial charge in [-0.25, -0.2) is 4.79 Å². The number of carbonyl (C=O) groups is 1. The molecule has 0 spiro atoms. The second-order valence-corrected chi connectivity index (χ2v) is 10.6. The summed E-state index contributed by atoms with van der Waals surface area (Å²) in [7, 11) is 0. The van der Waals surface area contributed by atoms with E-state index in [1.54, 1.807) is 12.1 Å². The molecule has 0 radical (unpaired) electrons. The Kier molecular flexibility index (Phi) is 9.07. The summed E-state index contributed by atoms with van der Waals surface area (Å²) in [5.74, 6) is -1.44. The van der Waals surface area contributed by atoms with Crippen molar-refractivity contribution in [1.29, 1.82) is 0 Å². The van der Waals surface area contributed by atoms with Crippen LogP contribution >= 0.6 is 0 Å². The van der Waals surface area contributed by atoms with Gasteiger partial charge in [0.15, 0.2) is 0 Å². The highest BCUT2D eigenvalue weighted by Crippen LogP contribution is 2.36. The zero-order valence-electron chi connectivity index (χ0n) is 22.5. The Morgan fingerprint density at radius 3 is 2.45 bits per heavy atom. The van der Waals surface area contributed by atoms with E-state index in [0.29, 0.717) is 19.1 Å². The first-order valence-electron chi connectivity index (χ1n) is 14.0. The van der Waals surface area contributed by atoms with Gasteiger partial charge in [0.1, 0.15) is 11.5 Å². The van der Waals surface area contributed by atoms with Gasteiger partial charge in [-0.3, -0.25) is 4.90 Å². The first-order chi connectivity index (χ1) is 19.3. The van der Waals surface area contributed by atoms with Crippen LogP contribution in [0.15, 0.2) is 72.8 Å². The molecule has 1 fully saturated rings. The van der Waals surface area contributed by atoms with Crippen molar-refractivity contribution in [2.75, 3.05) is 19.7 Å². The first kappa shape index (κ1) is 28.2. The Balaban J connectivity index is 1.29. The molecule has 5 rings (SSSR count). The molecular formula is C32H35F3N2O3. The van der Waals surface area contributed by atoms with Crippen molar-refractivity contribution in [1.82, 2.24) is 10.2 Å². The van der Waals surface area contributed by atoms with Crippen LogP contribution in [0.4, 0.5) is 13.2 Å². The summed E-state index contributed by atoms with van der Waals surface area (Å²) in [6.07, 6.45) is 1.07. The molecule has 2 aliphatic heterocycles. The molecule has 0 aromatic heterocycles. The van der Waals surface area contributed by atoms with Gasteiger partial charge in [-0.2, -0.15) is 13.2 Å². The number of nitrogens with zero attached hydrogens (tertiary/aromatic N) is 1. The Morgan fingerprint density at radius 1 is 0.950 bits per heavy atom. The molecule has 2 unspecified atom stereocenters. The number of carbonyl (C=O) groups excluding carboxylic acids is 1. The van der Waals surface area contributed by atoms with E-state index in [-0.39, 0.29) is 11.8 Å². The smallest absolute Gasteiger partial charge is 0.491 e. The largest absolute Gasteiger partial charge is 0.494 e. The zero-order chi connectivity index (χ0) is 28.0. The normalized spacial score (nSPS) is 19.6. The van der Waals surface area contributed by atoms with Crippen LogP contribution in [0.25, 0.3) is 0 Å². The lowest BCUT2D eigenvalue weighted by Gasteiger charge is -2.38. The Hall–Kier alpha value is -3.36. The fourth-order valence-corrected chi connectivity index (χ4v) is 5.65. The number of fused-ring (bicyclic) bond motifs is 1. The van der Waals surface area contributed by atoms with E-state index in [1.165, 1.54) is 30.9 Å². The maximum Gasteiger partial charge on any atom is 0.491 e. The van der Waals surface area contributed by atoms with Crippen LogP contribution in [0.2, 0.25) is 0 Å². The lowest BCUT2D eigenvalue weighted by molar-refractivity contribution is -0.189. The monoisotopic (exact) mass is 552 g/mol. The summed E-state index contributed by atoms with van der Waals surface area (Å²) in [4.78, 5) is 13.8. The molecule has 40 heavy (non-hydrogen) atoms. The van der Waals surface area contributed by atoms with E-state index in [2.05, 4.69) is 39.2 Å². The number of benzene rings is 3. The van der Waals surface area contributed by atoms with Crippen molar-refractivity contribution in [3.05, 3.63) is 95.1 Å². The fourth-order valence-electron chi connectivity index (χ4n) is 5.65. The molecule has 3 aromatic rings. The van der Waals surface area contributed by atoms with Crippen molar-refractivity contribution >= 4 is 5.97 Å². The fraction of sp³-hybridized carbons (Fsp3) is 0.406. The summed E-state index contributed by atoms with van der Waals surface area (Å²) >= 11 is 0. The topological polar surface area (TPSA) is 50.8 Å². The molecule has 0 amide bonds. The van der Waals surface area contributed by atoms with Crippen LogP contribution in [0.5, 0.6) is 11.5 Å². The van der Waals surface area contributed by atoms with Crippen molar-refractivity contribution < 1.29 is 27.4 Å². The number of nitrogens with one attached hydrogen (secondary N) is 1. The molecule has 3 aromatic carbocycles. The molecular weight excluding hydrogens is 517 g/mol. The molecule has 2 heterocycles. The quantitative estimate of drug-likeness (QED) is 0.246. The molecule has 1 saturated heterocycles. The summed E-state index contributed by atoms with van der Waals surface area (Å²) < 4.78 is 48.8. The number of halogens is 3. The van der Waals surface area contributed by atoms with Gasteiger partial charge in [-0.05, 0) is 85.2 Å². The van der Waals surface area contributed by atoms with E-state index in [0.717, 1.165) is 54.9 Å². The molecule has 0 bridgehead atoms. The third kappa shape index (κ3) is 7.43. The molecule has 8 heteroatoms. The third-order valence-corrected chi connectivity index (χ3v) is 7.75. The Labute approximate surface area is 233 Å². The van der Waals surface area contributed by atoms with Gasteiger partial charge in [0.05, 0.1) is 6.61 Å².